The van der Waals surface area contributed by atoms with E-state index >= 15 is 0 Å². The molecule has 1 aromatic heterocycles. The minimum absolute atomic E-state index is 0.191. The lowest BCUT2D eigenvalue weighted by molar-refractivity contribution is 0.306. The van der Waals surface area contributed by atoms with Crippen LogP contribution < -0.4 is 10.3 Å². The lowest BCUT2D eigenvalue weighted by atomic mass is 9.88. The summed E-state index contributed by atoms with van der Waals surface area (Å²) < 4.78 is 21.2. The van der Waals surface area contributed by atoms with Crippen molar-refractivity contribution >= 4 is 44.6 Å². The molecule has 8 heteroatoms. The summed E-state index contributed by atoms with van der Waals surface area (Å²) in [6, 6.07) is 17.0. The monoisotopic (exact) mass is 567 g/mol. The molecule has 1 aliphatic carbocycles. The van der Waals surface area contributed by atoms with Gasteiger partial charge in [0.05, 0.1) is 22.1 Å². The molecule has 0 aliphatic heterocycles. The summed E-state index contributed by atoms with van der Waals surface area (Å²) in [5.74, 6) is 1.12. The lowest BCUT2D eigenvalue weighted by Gasteiger charge is -2.22. The van der Waals surface area contributed by atoms with E-state index in [1.165, 1.54) is 23.2 Å². The minimum atomic E-state index is -0.291. The summed E-state index contributed by atoms with van der Waals surface area (Å²) in [6.45, 7) is 0.270. The van der Waals surface area contributed by atoms with Crippen LogP contribution in [0, 0.1) is 5.82 Å². The molecule has 1 heterocycles. The highest BCUT2D eigenvalue weighted by molar-refractivity contribution is 9.10. The summed E-state index contributed by atoms with van der Waals surface area (Å²) in [7, 11) is 0. The number of benzene rings is 3. The molecule has 0 saturated heterocycles. The molecular formula is C28H24BrClFN3O2. The summed E-state index contributed by atoms with van der Waals surface area (Å²) in [5.41, 5.74) is 2.05. The Labute approximate surface area is 221 Å². The van der Waals surface area contributed by atoms with Crippen molar-refractivity contribution in [3.63, 3.8) is 0 Å². The fourth-order valence-electron chi connectivity index (χ4n) is 4.48. The van der Waals surface area contributed by atoms with Crippen molar-refractivity contribution in [3.05, 3.63) is 103 Å². The van der Waals surface area contributed by atoms with Crippen molar-refractivity contribution in [1.82, 2.24) is 9.66 Å². The quantitative estimate of drug-likeness (QED) is 0.227. The molecule has 4 aromatic rings. The summed E-state index contributed by atoms with van der Waals surface area (Å²) in [4.78, 5) is 18.3. The molecule has 5 rings (SSSR count). The van der Waals surface area contributed by atoms with E-state index in [0.717, 1.165) is 41.3 Å². The maximum atomic E-state index is 13.4. The largest absolute Gasteiger partial charge is 0.487 e. The third-order valence-corrected chi connectivity index (χ3v) is 7.18. The standard InChI is InChI=1S/C28H24BrClFN3O2/c29-21-9-12-25-23(15-21)28(35)34(27(33-25)20-4-2-1-3-5-20)32-16-19-8-13-26(24(30)14-19)36-17-18-6-10-22(31)11-7-18/h6-16,20H,1-5,17H2. The Morgan fingerprint density at radius 3 is 2.61 bits per heavy atom. The third kappa shape index (κ3) is 5.52. The number of halogens is 3. The SMILES string of the molecule is O=c1c2cc(Br)ccc2nc(C2CCCCC2)n1N=Cc1ccc(OCc2ccc(F)cc2)c(Cl)c1. The van der Waals surface area contributed by atoms with Crippen molar-refractivity contribution < 1.29 is 9.13 Å². The van der Waals surface area contributed by atoms with Gasteiger partial charge in [0.15, 0.2) is 0 Å². The van der Waals surface area contributed by atoms with E-state index in [-0.39, 0.29) is 23.9 Å². The van der Waals surface area contributed by atoms with Crippen LogP contribution in [0.4, 0.5) is 4.39 Å². The highest BCUT2D eigenvalue weighted by Gasteiger charge is 2.22. The van der Waals surface area contributed by atoms with E-state index in [2.05, 4.69) is 21.0 Å². The lowest BCUT2D eigenvalue weighted by Crippen LogP contribution is -2.25. The van der Waals surface area contributed by atoms with Crippen molar-refractivity contribution in [2.24, 2.45) is 5.10 Å². The Bertz CT molecular complexity index is 1480. The molecule has 1 saturated carbocycles. The Morgan fingerprint density at radius 2 is 1.86 bits per heavy atom. The van der Waals surface area contributed by atoms with Gasteiger partial charge >= 0.3 is 0 Å². The molecule has 0 radical (unpaired) electrons. The number of hydrogen-bond acceptors (Lipinski definition) is 4. The highest BCUT2D eigenvalue weighted by Crippen LogP contribution is 2.32. The Hall–Kier alpha value is -3.03. The number of aromatic nitrogens is 2. The van der Waals surface area contributed by atoms with Gasteiger partial charge in [0.1, 0.15) is 24.0 Å². The van der Waals surface area contributed by atoms with Gasteiger partial charge in [-0.1, -0.05) is 58.9 Å². The fraction of sp³-hybridized carbons (Fsp3) is 0.250. The van der Waals surface area contributed by atoms with Crippen LogP contribution >= 0.6 is 27.5 Å². The normalized spacial score (nSPS) is 14.5. The maximum Gasteiger partial charge on any atom is 0.282 e. The van der Waals surface area contributed by atoms with Gasteiger partial charge in [0, 0.05) is 10.4 Å². The van der Waals surface area contributed by atoms with Gasteiger partial charge in [-0.2, -0.15) is 9.78 Å². The molecule has 5 nitrogen and oxygen atoms in total. The predicted molar refractivity (Wildman–Crippen MR) is 145 cm³/mol. The number of nitrogens with zero attached hydrogens (tertiary/aromatic N) is 3. The van der Waals surface area contributed by atoms with Crippen molar-refractivity contribution in [2.75, 3.05) is 0 Å². The molecule has 0 unspecified atom stereocenters. The second-order valence-electron chi connectivity index (χ2n) is 8.93. The summed E-state index contributed by atoms with van der Waals surface area (Å²) >= 11 is 9.90. The molecular weight excluding hydrogens is 545 g/mol. The molecule has 0 atom stereocenters. The van der Waals surface area contributed by atoms with Crippen LogP contribution in [-0.4, -0.2) is 15.9 Å². The topological polar surface area (TPSA) is 56.5 Å². The fourth-order valence-corrected chi connectivity index (χ4v) is 5.09. The number of ether oxygens (including phenoxy) is 1. The summed E-state index contributed by atoms with van der Waals surface area (Å²) in [6.07, 6.45) is 7.06. The molecule has 0 amide bonds. The molecule has 3 aromatic carbocycles. The second-order valence-corrected chi connectivity index (χ2v) is 10.3. The van der Waals surface area contributed by atoms with Gasteiger partial charge in [-0.05, 0) is 72.5 Å². The van der Waals surface area contributed by atoms with Crippen LogP contribution in [0.5, 0.6) is 5.75 Å². The zero-order valence-electron chi connectivity index (χ0n) is 19.5. The van der Waals surface area contributed by atoms with Gasteiger partial charge in [-0.15, -0.1) is 0 Å². The maximum absolute atomic E-state index is 13.4. The second kappa shape index (κ2) is 10.9. The smallest absolute Gasteiger partial charge is 0.282 e. The van der Waals surface area contributed by atoms with Gasteiger partial charge in [-0.25, -0.2) is 9.37 Å². The van der Waals surface area contributed by atoms with E-state index in [1.807, 2.05) is 18.2 Å². The Balaban J connectivity index is 1.43. The first-order chi connectivity index (χ1) is 17.5. The third-order valence-electron chi connectivity index (χ3n) is 6.39. The number of rotatable bonds is 6. The first kappa shape index (κ1) is 24.7. The molecule has 0 bridgehead atoms. The number of fused-ring (bicyclic) bond motifs is 1. The van der Waals surface area contributed by atoms with Crippen LogP contribution in [0.15, 0.2) is 75.0 Å². The average Bonchev–Trinajstić information content (AvgIpc) is 2.89. The van der Waals surface area contributed by atoms with E-state index in [1.54, 1.807) is 36.5 Å². The van der Waals surface area contributed by atoms with Gasteiger partial charge < -0.3 is 4.74 Å². The van der Waals surface area contributed by atoms with E-state index in [0.29, 0.717) is 27.5 Å². The molecule has 0 N–H and O–H groups in total. The minimum Gasteiger partial charge on any atom is -0.487 e. The van der Waals surface area contributed by atoms with Crippen LogP contribution in [0.3, 0.4) is 0 Å². The van der Waals surface area contributed by atoms with Crippen LogP contribution in [0.25, 0.3) is 10.9 Å². The van der Waals surface area contributed by atoms with Crippen LogP contribution in [0.1, 0.15) is 55.0 Å². The zero-order chi connectivity index (χ0) is 25.1. The van der Waals surface area contributed by atoms with Crippen molar-refractivity contribution in [1.29, 1.82) is 0 Å². The van der Waals surface area contributed by atoms with E-state index < -0.39 is 0 Å². The highest BCUT2D eigenvalue weighted by atomic mass is 79.9. The van der Waals surface area contributed by atoms with Crippen molar-refractivity contribution in [3.8, 4) is 5.75 Å². The van der Waals surface area contributed by atoms with Gasteiger partial charge in [0.25, 0.3) is 5.56 Å². The van der Waals surface area contributed by atoms with E-state index in [4.69, 9.17) is 21.3 Å². The Morgan fingerprint density at radius 1 is 1.08 bits per heavy atom. The Kier molecular flexibility index (Phi) is 7.48. The first-order valence-corrected chi connectivity index (χ1v) is 13.1. The van der Waals surface area contributed by atoms with Gasteiger partial charge in [-0.3, -0.25) is 4.79 Å². The molecule has 1 aliphatic rings. The molecule has 184 valence electrons. The van der Waals surface area contributed by atoms with Crippen molar-refractivity contribution in [2.45, 2.75) is 44.6 Å². The van der Waals surface area contributed by atoms with Crippen LogP contribution in [0.2, 0.25) is 5.02 Å². The molecule has 0 spiro atoms. The number of hydrogen-bond donors (Lipinski definition) is 0. The molecule has 36 heavy (non-hydrogen) atoms. The average molecular weight is 569 g/mol. The molecule has 1 fully saturated rings. The predicted octanol–water partition coefficient (Wildman–Crippen LogP) is 7.46. The van der Waals surface area contributed by atoms with E-state index in [9.17, 15) is 9.18 Å². The summed E-state index contributed by atoms with van der Waals surface area (Å²) in [5, 5.41) is 5.51. The van der Waals surface area contributed by atoms with Crippen LogP contribution in [-0.2, 0) is 6.61 Å². The first-order valence-electron chi connectivity index (χ1n) is 11.9. The zero-order valence-corrected chi connectivity index (χ0v) is 21.8. The van der Waals surface area contributed by atoms with Gasteiger partial charge in [0.2, 0.25) is 0 Å².